The number of aliphatic hydroxyl groups is 1. The molecule has 0 bridgehead atoms. The van der Waals surface area contributed by atoms with Crippen molar-refractivity contribution in [2.75, 3.05) is 13.1 Å². The number of halogens is 1. The van der Waals surface area contributed by atoms with Crippen molar-refractivity contribution in [2.45, 2.75) is 78.4 Å². The van der Waals surface area contributed by atoms with Gasteiger partial charge in [-0.05, 0) is 51.4 Å². The lowest BCUT2D eigenvalue weighted by molar-refractivity contribution is -0.0236. The van der Waals surface area contributed by atoms with Crippen molar-refractivity contribution in [2.24, 2.45) is 10.4 Å². The summed E-state index contributed by atoms with van der Waals surface area (Å²) < 4.78 is 0. The summed E-state index contributed by atoms with van der Waals surface area (Å²) in [5.41, 5.74) is -0.177. The van der Waals surface area contributed by atoms with Crippen LogP contribution in [0.25, 0.3) is 0 Å². The number of nitrogens with zero attached hydrogens (tertiary/aromatic N) is 1. The summed E-state index contributed by atoms with van der Waals surface area (Å²) in [6.45, 7) is 12.4. The Morgan fingerprint density at radius 3 is 2.38 bits per heavy atom. The second-order valence-electron chi connectivity index (χ2n) is 7.42. The van der Waals surface area contributed by atoms with Gasteiger partial charge in [0.15, 0.2) is 5.96 Å². The van der Waals surface area contributed by atoms with Crippen molar-refractivity contribution < 1.29 is 5.11 Å². The highest BCUT2D eigenvalue weighted by Crippen LogP contribution is 2.31. The van der Waals surface area contributed by atoms with Crippen LogP contribution < -0.4 is 10.6 Å². The van der Waals surface area contributed by atoms with E-state index in [-0.39, 0.29) is 24.0 Å². The Labute approximate surface area is 147 Å². The second kappa shape index (κ2) is 9.18. The molecule has 1 atom stereocenters. The lowest BCUT2D eigenvalue weighted by Gasteiger charge is -2.35. The van der Waals surface area contributed by atoms with E-state index in [1.54, 1.807) is 0 Å². The van der Waals surface area contributed by atoms with E-state index in [1.165, 1.54) is 6.42 Å². The third-order valence-electron chi connectivity index (χ3n) is 3.87. The standard InChI is InChI=1S/C16H33N3O.HI/c1-6-17-14(18-12-16(20)9-7-10-16)19-13(2)8-11-15(3,4)5;/h13,20H,6-12H2,1-5H3,(H2,17,18,19);1H. The third-order valence-corrected chi connectivity index (χ3v) is 3.87. The second-order valence-corrected chi connectivity index (χ2v) is 7.42. The van der Waals surface area contributed by atoms with Crippen LogP contribution in [-0.2, 0) is 0 Å². The smallest absolute Gasteiger partial charge is 0.191 e. The molecular formula is C16H34IN3O. The number of hydrogen-bond donors (Lipinski definition) is 3. The number of rotatable bonds is 6. The van der Waals surface area contributed by atoms with Gasteiger partial charge in [-0.1, -0.05) is 20.8 Å². The molecule has 4 nitrogen and oxygen atoms in total. The van der Waals surface area contributed by atoms with Crippen LogP contribution in [0.3, 0.4) is 0 Å². The molecule has 0 aromatic heterocycles. The minimum Gasteiger partial charge on any atom is -0.388 e. The van der Waals surface area contributed by atoms with Gasteiger partial charge in [0.1, 0.15) is 0 Å². The van der Waals surface area contributed by atoms with Crippen LogP contribution in [0, 0.1) is 5.41 Å². The Kier molecular flexibility index (Phi) is 9.16. The van der Waals surface area contributed by atoms with E-state index in [2.05, 4.69) is 50.2 Å². The van der Waals surface area contributed by atoms with Gasteiger partial charge in [0.05, 0.1) is 12.1 Å². The Bertz CT molecular complexity index is 322. The fourth-order valence-corrected chi connectivity index (χ4v) is 2.24. The number of aliphatic imine (C=N–C) groups is 1. The zero-order valence-electron chi connectivity index (χ0n) is 14.3. The molecule has 1 aliphatic carbocycles. The molecule has 5 heteroatoms. The first-order valence-electron chi connectivity index (χ1n) is 8.01. The Morgan fingerprint density at radius 1 is 1.33 bits per heavy atom. The molecule has 1 rings (SSSR count). The average molecular weight is 411 g/mol. The van der Waals surface area contributed by atoms with Gasteiger partial charge in [-0.25, -0.2) is 0 Å². The summed E-state index contributed by atoms with van der Waals surface area (Å²) in [5, 5.41) is 16.8. The summed E-state index contributed by atoms with van der Waals surface area (Å²) in [7, 11) is 0. The topological polar surface area (TPSA) is 56.7 Å². The van der Waals surface area contributed by atoms with Crippen molar-refractivity contribution >= 4 is 29.9 Å². The highest BCUT2D eigenvalue weighted by atomic mass is 127. The predicted molar refractivity (Wildman–Crippen MR) is 101 cm³/mol. The first kappa shape index (κ1) is 21.0. The van der Waals surface area contributed by atoms with E-state index in [1.807, 2.05) is 0 Å². The van der Waals surface area contributed by atoms with Gasteiger partial charge >= 0.3 is 0 Å². The number of guanidine groups is 1. The Morgan fingerprint density at radius 2 is 1.95 bits per heavy atom. The third kappa shape index (κ3) is 8.86. The normalized spacial score (nSPS) is 19.2. The molecule has 21 heavy (non-hydrogen) atoms. The maximum Gasteiger partial charge on any atom is 0.191 e. The number of nitrogens with one attached hydrogen (secondary N) is 2. The Hall–Kier alpha value is -0.0400. The van der Waals surface area contributed by atoms with Gasteiger partial charge in [-0.3, -0.25) is 4.99 Å². The average Bonchev–Trinajstić information content (AvgIpc) is 2.30. The van der Waals surface area contributed by atoms with E-state index in [4.69, 9.17) is 0 Å². The van der Waals surface area contributed by atoms with Gasteiger partial charge in [0.25, 0.3) is 0 Å². The molecule has 0 aromatic rings. The van der Waals surface area contributed by atoms with Crippen molar-refractivity contribution in [1.82, 2.24) is 10.6 Å². The van der Waals surface area contributed by atoms with Crippen molar-refractivity contribution in [1.29, 1.82) is 0 Å². The maximum absolute atomic E-state index is 10.1. The SMILES string of the molecule is CCNC(=NCC1(O)CCC1)NC(C)CCC(C)(C)C.I. The molecule has 1 saturated carbocycles. The summed E-state index contributed by atoms with van der Waals surface area (Å²) in [6.07, 6.45) is 5.20. The van der Waals surface area contributed by atoms with E-state index >= 15 is 0 Å². The number of hydrogen-bond acceptors (Lipinski definition) is 2. The van der Waals surface area contributed by atoms with Crippen LogP contribution in [0.15, 0.2) is 4.99 Å². The van der Waals surface area contributed by atoms with Crippen LogP contribution in [-0.4, -0.2) is 35.8 Å². The zero-order valence-corrected chi connectivity index (χ0v) is 16.7. The lowest BCUT2D eigenvalue weighted by atomic mass is 9.80. The van der Waals surface area contributed by atoms with Gasteiger partial charge in [0.2, 0.25) is 0 Å². The van der Waals surface area contributed by atoms with Crippen LogP contribution in [0.2, 0.25) is 0 Å². The van der Waals surface area contributed by atoms with Gasteiger partial charge in [-0.15, -0.1) is 24.0 Å². The molecule has 0 spiro atoms. The molecule has 0 aliphatic heterocycles. The first-order chi connectivity index (χ1) is 9.24. The van der Waals surface area contributed by atoms with E-state index in [0.717, 1.165) is 38.2 Å². The molecule has 126 valence electrons. The Balaban J connectivity index is 0.00000400. The van der Waals surface area contributed by atoms with E-state index < -0.39 is 5.60 Å². The minimum absolute atomic E-state index is 0. The molecule has 3 N–H and O–H groups in total. The van der Waals surface area contributed by atoms with Crippen LogP contribution >= 0.6 is 24.0 Å². The molecular weight excluding hydrogens is 377 g/mol. The largest absolute Gasteiger partial charge is 0.388 e. The molecule has 1 fully saturated rings. The van der Waals surface area contributed by atoms with E-state index in [0.29, 0.717) is 18.0 Å². The van der Waals surface area contributed by atoms with Crippen LogP contribution in [0.4, 0.5) is 0 Å². The van der Waals surface area contributed by atoms with Crippen molar-refractivity contribution in [3.05, 3.63) is 0 Å². The molecule has 1 unspecified atom stereocenters. The lowest BCUT2D eigenvalue weighted by Crippen LogP contribution is -2.45. The van der Waals surface area contributed by atoms with Crippen LogP contribution in [0.5, 0.6) is 0 Å². The predicted octanol–water partition coefficient (Wildman–Crippen LogP) is 3.29. The van der Waals surface area contributed by atoms with Crippen molar-refractivity contribution in [3.63, 3.8) is 0 Å². The zero-order chi connectivity index (χ0) is 15.2. The molecule has 0 saturated heterocycles. The molecule has 0 heterocycles. The highest BCUT2D eigenvalue weighted by Gasteiger charge is 2.34. The van der Waals surface area contributed by atoms with Gasteiger partial charge in [0, 0.05) is 12.6 Å². The quantitative estimate of drug-likeness (QED) is 0.357. The summed E-state index contributed by atoms with van der Waals surface area (Å²) in [4.78, 5) is 4.54. The maximum atomic E-state index is 10.1. The summed E-state index contributed by atoms with van der Waals surface area (Å²) in [5.74, 6) is 0.828. The fraction of sp³-hybridized carbons (Fsp3) is 0.938. The van der Waals surface area contributed by atoms with Gasteiger partial charge < -0.3 is 15.7 Å². The molecule has 0 radical (unpaired) electrons. The molecule has 1 aliphatic rings. The molecule has 0 aromatic carbocycles. The van der Waals surface area contributed by atoms with Crippen LogP contribution in [0.1, 0.15) is 66.7 Å². The fourth-order valence-electron chi connectivity index (χ4n) is 2.24. The summed E-state index contributed by atoms with van der Waals surface area (Å²) in [6, 6.07) is 0.392. The van der Waals surface area contributed by atoms with Gasteiger partial charge in [-0.2, -0.15) is 0 Å². The first-order valence-corrected chi connectivity index (χ1v) is 8.01. The highest BCUT2D eigenvalue weighted by molar-refractivity contribution is 14.0. The van der Waals surface area contributed by atoms with E-state index in [9.17, 15) is 5.11 Å². The van der Waals surface area contributed by atoms with Crippen molar-refractivity contribution in [3.8, 4) is 0 Å². The summed E-state index contributed by atoms with van der Waals surface area (Å²) >= 11 is 0. The molecule has 0 amide bonds. The monoisotopic (exact) mass is 411 g/mol. The minimum atomic E-state index is -0.545.